The zero-order valence-electron chi connectivity index (χ0n) is 15.6. The van der Waals surface area contributed by atoms with Crippen molar-refractivity contribution in [3.05, 3.63) is 0 Å². The van der Waals surface area contributed by atoms with E-state index in [2.05, 4.69) is 4.90 Å². The van der Waals surface area contributed by atoms with E-state index in [9.17, 15) is 9.59 Å². The van der Waals surface area contributed by atoms with Crippen LogP contribution in [0.1, 0.15) is 32.1 Å². The molecular formula is C18H31N3O3S2. The van der Waals surface area contributed by atoms with Gasteiger partial charge in [0.1, 0.15) is 0 Å². The first-order chi connectivity index (χ1) is 12.7. The van der Waals surface area contributed by atoms with Crippen molar-refractivity contribution in [3.8, 4) is 0 Å². The Bertz CT molecular complexity index is 461. The number of unbranched alkanes of at least 4 members (excludes halogenated alkanes) is 1. The smallest absolute Gasteiger partial charge is 0.236 e. The van der Waals surface area contributed by atoms with Crippen LogP contribution in [0.5, 0.6) is 0 Å². The molecule has 1 atom stereocenters. The highest BCUT2D eigenvalue weighted by Gasteiger charge is 2.25. The molecule has 6 nitrogen and oxygen atoms in total. The van der Waals surface area contributed by atoms with Gasteiger partial charge >= 0.3 is 0 Å². The summed E-state index contributed by atoms with van der Waals surface area (Å²) in [5, 5.41) is 0.802. The van der Waals surface area contributed by atoms with Crippen LogP contribution in [0, 0.1) is 0 Å². The second-order valence-corrected chi connectivity index (χ2v) is 10.0. The summed E-state index contributed by atoms with van der Waals surface area (Å²) >= 11 is 0. The summed E-state index contributed by atoms with van der Waals surface area (Å²) < 4.78 is 5.32. The molecule has 2 amide bonds. The van der Waals surface area contributed by atoms with Crippen molar-refractivity contribution in [3.63, 3.8) is 0 Å². The van der Waals surface area contributed by atoms with Gasteiger partial charge in [0.15, 0.2) is 0 Å². The van der Waals surface area contributed by atoms with Gasteiger partial charge in [-0.3, -0.25) is 14.5 Å². The minimum atomic E-state index is 0.186. The van der Waals surface area contributed by atoms with E-state index in [0.29, 0.717) is 52.4 Å². The van der Waals surface area contributed by atoms with E-state index < -0.39 is 0 Å². The highest BCUT2D eigenvalue weighted by molar-refractivity contribution is 8.77. The van der Waals surface area contributed by atoms with Crippen LogP contribution in [-0.2, 0) is 14.3 Å². The van der Waals surface area contributed by atoms with Crippen molar-refractivity contribution in [2.24, 2.45) is 0 Å². The second kappa shape index (κ2) is 10.8. The van der Waals surface area contributed by atoms with Crippen LogP contribution in [0.3, 0.4) is 0 Å². The van der Waals surface area contributed by atoms with Crippen LogP contribution in [0.4, 0.5) is 0 Å². The maximum Gasteiger partial charge on any atom is 0.236 e. The van der Waals surface area contributed by atoms with E-state index in [4.69, 9.17) is 4.74 Å². The minimum Gasteiger partial charge on any atom is -0.379 e. The number of hydrogen-bond donors (Lipinski definition) is 0. The fourth-order valence-electron chi connectivity index (χ4n) is 3.63. The summed E-state index contributed by atoms with van der Waals surface area (Å²) in [6.07, 6.45) is 5.38. The van der Waals surface area contributed by atoms with Crippen LogP contribution in [-0.4, -0.2) is 96.5 Å². The van der Waals surface area contributed by atoms with Gasteiger partial charge in [-0.1, -0.05) is 28.0 Å². The highest BCUT2D eigenvalue weighted by atomic mass is 33.1. The van der Waals surface area contributed by atoms with Gasteiger partial charge in [-0.25, -0.2) is 0 Å². The molecule has 0 N–H and O–H groups in total. The fourth-order valence-corrected chi connectivity index (χ4v) is 6.65. The molecule has 148 valence electrons. The van der Waals surface area contributed by atoms with Gasteiger partial charge < -0.3 is 14.5 Å². The molecule has 0 spiro atoms. The molecule has 3 aliphatic heterocycles. The summed E-state index contributed by atoms with van der Waals surface area (Å²) in [5.74, 6) is 1.73. The normalized spacial score (nSPS) is 24.8. The predicted molar refractivity (Wildman–Crippen MR) is 107 cm³/mol. The fraction of sp³-hybridized carbons (Fsp3) is 0.889. The van der Waals surface area contributed by atoms with Crippen molar-refractivity contribution in [1.82, 2.24) is 14.7 Å². The van der Waals surface area contributed by atoms with Gasteiger partial charge in [-0.2, -0.15) is 0 Å². The molecule has 0 aliphatic carbocycles. The lowest BCUT2D eigenvalue weighted by molar-refractivity contribution is -0.140. The van der Waals surface area contributed by atoms with Gasteiger partial charge in [0.05, 0.1) is 19.8 Å². The first kappa shape index (κ1) is 20.3. The molecule has 3 aliphatic rings. The molecule has 3 fully saturated rings. The monoisotopic (exact) mass is 401 g/mol. The van der Waals surface area contributed by atoms with E-state index >= 15 is 0 Å². The first-order valence-electron chi connectivity index (χ1n) is 9.86. The standard InChI is InChI=1S/C18H31N3O3S2/c22-17(4-2-1-3-16-5-14-25-26-16)20-6-8-21(9-7-20)18(23)15-19-10-12-24-13-11-19/h16H,1-15H2. The van der Waals surface area contributed by atoms with Crippen molar-refractivity contribution >= 4 is 33.4 Å². The number of nitrogens with zero attached hydrogens (tertiary/aromatic N) is 3. The SMILES string of the molecule is O=C(CCCCC1CCSS1)N1CCN(C(=O)CN2CCOCC2)CC1. The molecule has 0 aromatic heterocycles. The molecule has 0 radical (unpaired) electrons. The Morgan fingerprint density at radius 3 is 2.27 bits per heavy atom. The van der Waals surface area contributed by atoms with Crippen LogP contribution in [0.25, 0.3) is 0 Å². The van der Waals surface area contributed by atoms with E-state index in [1.165, 1.54) is 18.6 Å². The Balaban J connectivity index is 1.28. The molecule has 0 aromatic carbocycles. The number of carbonyl (C=O) groups is 2. The number of carbonyl (C=O) groups excluding carboxylic acids is 2. The lowest BCUT2D eigenvalue weighted by Gasteiger charge is -2.36. The summed E-state index contributed by atoms with van der Waals surface area (Å²) in [7, 11) is 4.00. The average Bonchev–Trinajstić information content (AvgIpc) is 3.19. The number of morpholine rings is 1. The van der Waals surface area contributed by atoms with Crippen molar-refractivity contribution < 1.29 is 14.3 Å². The lowest BCUT2D eigenvalue weighted by Crippen LogP contribution is -2.53. The third-order valence-electron chi connectivity index (χ3n) is 5.34. The third-order valence-corrected chi connectivity index (χ3v) is 8.35. The minimum absolute atomic E-state index is 0.186. The molecular weight excluding hydrogens is 370 g/mol. The zero-order valence-corrected chi connectivity index (χ0v) is 17.2. The molecule has 0 saturated carbocycles. The second-order valence-electron chi connectivity index (χ2n) is 7.22. The predicted octanol–water partition coefficient (Wildman–Crippen LogP) is 1.70. The van der Waals surface area contributed by atoms with Gasteiger partial charge in [0.2, 0.25) is 11.8 Å². The number of hydrogen-bond acceptors (Lipinski definition) is 6. The Labute approximate surface area is 164 Å². The van der Waals surface area contributed by atoms with E-state index in [0.717, 1.165) is 31.2 Å². The van der Waals surface area contributed by atoms with Crippen LogP contribution < -0.4 is 0 Å². The quantitative estimate of drug-likeness (QED) is 0.478. The van der Waals surface area contributed by atoms with Crippen LogP contribution in [0.15, 0.2) is 0 Å². The molecule has 1 unspecified atom stereocenters. The summed E-state index contributed by atoms with van der Waals surface area (Å²) in [6, 6.07) is 0. The molecule has 8 heteroatoms. The Morgan fingerprint density at radius 1 is 0.923 bits per heavy atom. The Hall–Kier alpha value is -0.440. The number of amides is 2. The Morgan fingerprint density at radius 2 is 1.62 bits per heavy atom. The topological polar surface area (TPSA) is 53.1 Å². The zero-order chi connectivity index (χ0) is 18.2. The van der Waals surface area contributed by atoms with Gasteiger partial charge in [0.25, 0.3) is 0 Å². The summed E-state index contributed by atoms with van der Waals surface area (Å²) in [5.41, 5.74) is 0. The molecule has 3 saturated heterocycles. The lowest BCUT2D eigenvalue weighted by atomic mass is 10.1. The van der Waals surface area contributed by atoms with Crippen molar-refractivity contribution in [2.75, 3.05) is 64.8 Å². The third kappa shape index (κ3) is 6.32. The highest BCUT2D eigenvalue weighted by Crippen LogP contribution is 2.39. The molecule has 0 aromatic rings. The molecule has 0 bridgehead atoms. The first-order valence-corrected chi connectivity index (χ1v) is 12.2. The van der Waals surface area contributed by atoms with Gasteiger partial charge in [-0.05, 0) is 19.3 Å². The average molecular weight is 402 g/mol. The Kier molecular flexibility index (Phi) is 8.42. The van der Waals surface area contributed by atoms with Crippen molar-refractivity contribution in [2.45, 2.75) is 37.4 Å². The van der Waals surface area contributed by atoms with E-state index in [1.807, 2.05) is 31.4 Å². The largest absolute Gasteiger partial charge is 0.379 e. The molecule has 3 rings (SSSR count). The molecule has 3 heterocycles. The van der Waals surface area contributed by atoms with Crippen LogP contribution >= 0.6 is 21.6 Å². The number of piperazine rings is 1. The van der Waals surface area contributed by atoms with Crippen molar-refractivity contribution in [1.29, 1.82) is 0 Å². The van der Waals surface area contributed by atoms with Crippen LogP contribution in [0.2, 0.25) is 0 Å². The number of ether oxygens (including phenoxy) is 1. The maximum absolute atomic E-state index is 12.4. The van der Waals surface area contributed by atoms with E-state index in [-0.39, 0.29) is 11.8 Å². The number of rotatable bonds is 7. The summed E-state index contributed by atoms with van der Waals surface area (Å²) in [6.45, 7) is 6.29. The molecule has 26 heavy (non-hydrogen) atoms. The maximum atomic E-state index is 12.4. The van der Waals surface area contributed by atoms with Gasteiger partial charge in [-0.15, -0.1) is 0 Å². The van der Waals surface area contributed by atoms with E-state index in [1.54, 1.807) is 0 Å². The van der Waals surface area contributed by atoms with Gasteiger partial charge in [0, 0.05) is 56.7 Å². The summed E-state index contributed by atoms with van der Waals surface area (Å²) in [4.78, 5) is 30.8.